The van der Waals surface area contributed by atoms with Crippen molar-refractivity contribution in [3.63, 3.8) is 0 Å². The number of Topliss-reactive ketones (excluding diaryl/α,β-unsaturated/α-hetero) is 1. The summed E-state index contributed by atoms with van der Waals surface area (Å²) in [6, 6.07) is 7.34. The molecule has 0 fully saturated rings. The highest BCUT2D eigenvalue weighted by atomic mass is 16.6. The lowest BCUT2D eigenvalue weighted by Crippen LogP contribution is -2.36. The molecular weight excluding hydrogens is 304 g/mol. The molecule has 1 heterocycles. The molecule has 0 radical (unpaired) electrons. The number of fused-ring (bicyclic) bond motifs is 3. The minimum atomic E-state index is -1.55. The molecule has 2 aliphatic rings. The third-order valence-electron chi connectivity index (χ3n) is 5.56. The van der Waals surface area contributed by atoms with Gasteiger partial charge in [0.1, 0.15) is 6.10 Å². The number of carbonyl (C=O) groups excluding carboxylic acids is 1. The molecule has 3 atom stereocenters. The second-order valence-electron chi connectivity index (χ2n) is 6.98. The maximum atomic E-state index is 13.2. The SMILES string of the molecule is Cc1cc2c(cc1C)[C@@H](O)[C@@]1(O[C@H](O)c3cc(C)c(C)cc31)C2=O. The van der Waals surface area contributed by atoms with Crippen LogP contribution in [0.3, 0.4) is 0 Å². The minimum absolute atomic E-state index is 0.283. The number of carbonyl (C=O) groups is 1. The van der Waals surface area contributed by atoms with E-state index in [0.29, 0.717) is 22.3 Å². The Kier molecular flexibility index (Phi) is 3.08. The van der Waals surface area contributed by atoms with Gasteiger partial charge >= 0.3 is 0 Å². The van der Waals surface area contributed by atoms with Crippen molar-refractivity contribution in [1.82, 2.24) is 0 Å². The molecule has 1 spiro atoms. The molecular formula is C20H20O4. The standard InChI is InChI=1S/C20H20O4/c1-9-5-13-14(6-10(9)2)18(22)20(17(13)21)16-8-12(4)11(3)7-15(16)19(23)24-20/h5-8,17,19,21,23H,1-4H3/t17-,19+,20-/m1/s1. The van der Waals surface area contributed by atoms with Crippen LogP contribution in [-0.4, -0.2) is 16.0 Å². The highest BCUT2D eigenvalue weighted by Gasteiger charge is 2.60. The molecule has 0 aromatic heterocycles. The zero-order valence-corrected chi connectivity index (χ0v) is 14.2. The highest BCUT2D eigenvalue weighted by molar-refractivity contribution is 6.09. The highest BCUT2D eigenvalue weighted by Crippen LogP contribution is 2.56. The van der Waals surface area contributed by atoms with Gasteiger partial charge < -0.3 is 14.9 Å². The Labute approximate surface area is 140 Å². The predicted octanol–water partition coefficient (Wildman–Crippen LogP) is 3.07. The van der Waals surface area contributed by atoms with Gasteiger partial charge in [0.05, 0.1) is 0 Å². The Hall–Kier alpha value is -2.01. The summed E-state index contributed by atoms with van der Waals surface area (Å²) in [5, 5.41) is 21.3. The van der Waals surface area contributed by atoms with Crippen LogP contribution in [-0.2, 0) is 10.3 Å². The van der Waals surface area contributed by atoms with Gasteiger partial charge in [0.15, 0.2) is 11.9 Å². The lowest BCUT2D eigenvalue weighted by atomic mass is 9.85. The fraction of sp³-hybridized carbons (Fsp3) is 0.350. The summed E-state index contributed by atoms with van der Waals surface area (Å²) in [5.74, 6) is -0.283. The second kappa shape index (κ2) is 4.76. The number of ketones is 1. The van der Waals surface area contributed by atoms with E-state index in [1.165, 1.54) is 0 Å². The molecule has 4 nitrogen and oxygen atoms in total. The van der Waals surface area contributed by atoms with Crippen LogP contribution in [0.4, 0.5) is 0 Å². The molecule has 0 saturated heterocycles. The van der Waals surface area contributed by atoms with Crippen molar-refractivity contribution in [2.45, 2.75) is 45.7 Å². The van der Waals surface area contributed by atoms with E-state index in [0.717, 1.165) is 22.3 Å². The molecule has 2 N–H and O–H groups in total. The van der Waals surface area contributed by atoms with Crippen LogP contribution in [0.5, 0.6) is 0 Å². The smallest absolute Gasteiger partial charge is 0.202 e. The lowest BCUT2D eigenvalue weighted by molar-refractivity contribution is -0.185. The second-order valence-corrected chi connectivity index (χ2v) is 6.98. The Morgan fingerprint density at radius 3 is 2.08 bits per heavy atom. The Balaban J connectivity index is 1.99. The molecule has 24 heavy (non-hydrogen) atoms. The maximum absolute atomic E-state index is 13.2. The van der Waals surface area contributed by atoms with Crippen molar-refractivity contribution in [3.8, 4) is 0 Å². The lowest BCUT2D eigenvalue weighted by Gasteiger charge is -2.27. The van der Waals surface area contributed by atoms with E-state index in [1.54, 1.807) is 6.07 Å². The van der Waals surface area contributed by atoms with Gasteiger partial charge in [0.2, 0.25) is 5.78 Å². The van der Waals surface area contributed by atoms with Gasteiger partial charge in [-0.25, -0.2) is 0 Å². The summed E-state index contributed by atoms with van der Waals surface area (Å²) in [5.41, 5.74) is 4.64. The molecule has 4 rings (SSSR count). The Bertz CT molecular complexity index is 899. The summed E-state index contributed by atoms with van der Waals surface area (Å²) >= 11 is 0. The molecule has 2 aromatic rings. The molecule has 124 valence electrons. The monoisotopic (exact) mass is 324 g/mol. The zero-order chi connectivity index (χ0) is 17.4. The third kappa shape index (κ3) is 1.71. The fourth-order valence-corrected chi connectivity index (χ4v) is 3.86. The van der Waals surface area contributed by atoms with E-state index < -0.39 is 18.0 Å². The number of hydrogen-bond acceptors (Lipinski definition) is 4. The van der Waals surface area contributed by atoms with Gasteiger partial charge in [0.25, 0.3) is 0 Å². The number of rotatable bonds is 0. The minimum Gasteiger partial charge on any atom is -0.384 e. The predicted molar refractivity (Wildman–Crippen MR) is 88.8 cm³/mol. The Morgan fingerprint density at radius 2 is 1.42 bits per heavy atom. The number of aryl methyl sites for hydroxylation is 4. The van der Waals surface area contributed by atoms with Gasteiger partial charge in [-0.3, -0.25) is 4.79 Å². The largest absolute Gasteiger partial charge is 0.384 e. The van der Waals surface area contributed by atoms with Crippen molar-refractivity contribution in [2.75, 3.05) is 0 Å². The average Bonchev–Trinajstić information content (AvgIpc) is 2.91. The average molecular weight is 324 g/mol. The number of aliphatic hydroxyl groups excluding tert-OH is 2. The van der Waals surface area contributed by atoms with E-state index in [4.69, 9.17) is 4.74 Å². The number of hydrogen-bond donors (Lipinski definition) is 2. The fourth-order valence-electron chi connectivity index (χ4n) is 3.86. The first-order valence-electron chi connectivity index (χ1n) is 8.09. The van der Waals surface area contributed by atoms with Gasteiger partial charge in [-0.05, 0) is 61.6 Å². The summed E-state index contributed by atoms with van der Waals surface area (Å²) in [6.07, 6.45) is -2.34. The van der Waals surface area contributed by atoms with Crippen molar-refractivity contribution in [1.29, 1.82) is 0 Å². The molecule has 0 amide bonds. The topological polar surface area (TPSA) is 66.8 Å². The van der Waals surface area contributed by atoms with Gasteiger partial charge in [-0.2, -0.15) is 0 Å². The zero-order valence-electron chi connectivity index (χ0n) is 14.2. The number of ether oxygens (including phenoxy) is 1. The van der Waals surface area contributed by atoms with Crippen LogP contribution in [0.2, 0.25) is 0 Å². The first-order valence-corrected chi connectivity index (χ1v) is 8.09. The molecule has 1 aliphatic carbocycles. The Morgan fingerprint density at radius 1 is 0.875 bits per heavy atom. The van der Waals surface area contributed by atoms with Crippen LogP contribution in [0.1, 0.15) is 61.7 Å². The first kappa shape index (κ1) is 15.5. The first-order chi connectivity index (χ1) is 11.3. The molecule has 0 bridgehead atoms. The number of aliphatic hydroxyl groups is 2. The van der Waals surface area contributed by atoms with Crippen molar-refractivity contribution in [3.05, 3.63) is 68.8 Å². The van der Waals surface area contributed by atoms with E-state index in [1.807, 2.05) is 45.9 Å². The van der Waals surface area contributed by atoms with Gasteiger partial charge in [-0.1, -0.05) is 18.2 Å². The van der Waals surface area contributed by atoms with Crippen molar-refractivity contribution in [2.24, 2.45) is 0 Å². The summed E-state index contributed by atoms with van der Waals surface area (Å²) in [7, 11) is 0. The normalized spacial score (nSPS) is 27.7. The molecule has 1 aliphatic heterocycles. The summed E-state index contributed by atoms with van der Waals surface area (Å²) < 4.78 is 5.73. The van der Waals surface area contributed by atoms with Crippen molar-refractivity contribution < 1.29 is 19.7 Å². The van der Waals surface area contributed by atoms with E-state index in [-0.39, 0.29) is 5.78 Å². The van der Waals surface area contributed by atoms with Crippen LogP contribution >= 0.6 is 0 Å². The quantitative estimate of drug-likeness (QED) is 0.781. The maximum Gasteiger partial charge on any atom is 0.202 e. The van der Waals surface area contributed by atoms with Crippen LogP contribution in [0, 0.1) is 27.7 Å². The third-order valence-corrected chi connectivity index (χ3v) is 5.56. The van der Waals surface area contributed by atoms with Gasteiger partial charge in [0, 0.05) is 16.7 Å². The molecule has 2 aromatic carbocycles. The van der Waals surface area contributed by atoms with Crippen LogP contribution in [0.25, 0.3) is 0 Å². The van der Waals surface area contributed by atoms with Gasteiger partial charge in [-0.15, -0.1) is 0 Å². The van der Waals surface area contributed by atoms with E-state index >= 15 is 0 Å². The summed E-state index contributed by atoms with van der Waals surface area (Å²) in [6.45, 7) is 7.78. The molecule has 0 unspecified atom stereocenters. The van der Waals surface area contributed by atoms with E-state index in [2.05, 4.69) is 0 Å². The van der Waals surface area contributed by atoms with E-state index in [9.17, 15) is 15.0 Å². The van der Waals surface area contributed by atoms with Crippen molar-refractivity contribution >= 4 is 5.78 Å². The van der Waals surface area contributed by atoms with Crippen LogP contribution in [0.15, 0.2) is 24.3 Å². The number of benzene rings is 2. The van der Waals surface area contributed by atoms with Crippen LogP contribution < -0.4 is 0 Å². The molecule has 4 heteroatoms. The summed E-state index contributed by atoms with van der Waals surface area (Å²) in [4.78, 5) is 13.2. The molecule has 0 saturated carbocycles.